The summed E-state index contributed by atoms with van der Waals surface area (Å²) in [4.78, 5) is 0. The van der Waals surface area contributed by atoms with Crippen LogP contribution in [0.4, 0.5) is 13.2 Å². The second-order valence-corrected chi connectivity index (χ2v) is 6.26. The number of rotatable bonds is 2. The molecule has 0 amide bonds. The molecule has 2 aromatic carbocycles. The molecule has 1 atom stereocenters. The van der Waals surface area contributed by atoms with E-state index in [0.717, 1.165) is 42.0 Å². The molecule has 1 unspecified atom stereocenters. The highest BCUT2D eigenvalue weighted by Gasteiger charge is 2.29. The maximum Gasteiger partial charge on any atom is 0.416 e. The molecule has 0 bridgehead atoms. The molecule has 0 aliphatic heterocycles. The lowest BCUT2D eigenvalue weighted by Crippen LogP contribution is -2.04. The molecular formula is C20H19F3. The van der Waals surface area contributed by atoms with Gasteiger partial charge in [0.05, 0.1) is 5.56 Å². The van der Waals surface area contributed by atoms with Gasteiger partial charge in [-0.05, 0) is 59.6 Å². The van der Waals surface area contributed by atoms with Gasteiger partial charge in [0.1, 0.15) is 0 Å². The highest BCUT2D eigenvalue weighted by atomic mass is 19.4. The highest BCUT2D eigenvalue weighted by Crippen LogP contribution is 2.33. The number of halogens is 3. The van der Waals surface area contributed by atoms with Gasteiger partial charge in [-0.1, -0.05) is 49.4 Å². The van der Waals surface area contributed by atoms with E-state index in [1.807, 2.05) is 12.1 Å². The Morgan fingerprint density at radius 1 is 0.826 bits per heavy atom. The van der Waals surface area contributed by atoms with Crippen molar-refractivity contribution >= 4 is 5.57 Å². The van der Waals surface area contributed by atoms with Crippen LogP contribution in [0.1, 0.15) is 37.3 Å². The lowest BCUT2D eigenvalue weighted by molar-refractivity contribution is -0.137. The number of allylic oxidation sites excluding steroid dienone is 2. The van der Waals surface area contributed by atoms with Gasteiger partial charge >= 0.3 is 6.18 Å². The largest absolute Gasteiger partial charge is 0.416 e. The molecule has 0 aromatic heterocycles. The van der Waals surface area contributed by atoms with Crippen LogP contribution in [-0.4, -0.2) is 0 Å². The third-order valence-electron chi connectivity index (χ3n) is 4.47. The van der Waals surface area contributed by atoms with E-state index in [9.17, 15) is 13.2 Å². The van der Waals surface area contributed by atoms with E-state index in [-0.39, 0.29) is 0 Å². The maximum atomic E-state index is 12.6. The van der Waals surface area contributed by atoms with Gasteiger partial charge in [0.2, 0.25) is 0 Å². The van der Waals surface area contributed by atoms with Crippen LogP contribution in [0.25, 0.3) is 16.7 Å². The first-order valence-electron chi connectivity index (χ1n) is 7.90. The molecule has 0 fully saturated rings. The van der Waals surface area contributed by atoms with E-state index in [4.69, 9.17) is 0 Å². The van der Waals surface area contributed by atoms with Gasteiger partial charge in [0, 0.05) is 0 Å². The predicted octanol–water partition coefficient (Wildman–Crippen LogP) is 6.58. The summed E-state index contributed by atoms with van der Waals surface area (Å²) in [5.41, 5.74) is 3.72. The predicted molar refractivity (Wildman–Crippen MR) is 87.9 cm³/mol. The Bertz CT molecular complexity index is 691. The zero-order chi connectivity index (χ0) is 16.4. The molecular weight excluding hydrogens is 297 g/mol. The van der Waals surface area contributed by atoms with Crippen LogP contribution in [0.2, 0.25) is 0 Å². The van der Waals surface area contributed by atoms with Gasteiger partial charge in [-0.15, -0.1) is 0 Å². The Kier molecular flexibility index (Phi) is 4.29. The van der Waals surface area contributed by atoms with Crippen molar-refractivity contribution < 1.29 is 13.2 Å². The standard InChI is InChI=1S/C20H19F3/c1-14-2-4-15(5-3-14)16-6-8-17(9-7-16)18-10-12-19(13-11-18)20(21,22)23/h4,6-14H,2-3,5H2,1H3. The second kappa shape index (κ2) is 6.23. The Hall–Kier alpha value is -2.03. The van der Waals surface area contributed by atoms with E-state index in [1.165, 1.54) is 29.7 Å². The summed E-state index contributed by atoms with van der Waals surface area (Å²) in [7, 11) is 0. The molecule has 23 heavy (non-hydrogen) atoms. The molecule has 0 saturated heterocycles. The van der Waals surface area contributed by atoms with Crippen molar-refractivity contribution in [1.29, 1.82) is 0 Å². The maximum absolute atomic E-state index is 12.6. The summed E-state index contributed by atoms with van der Waals surface area (Å²) in [6.45, 7) is 2.26. The molecule has 2 aromatic rings. The van der Waals surface area contributed by atoms with Gasteiger partial charge in [0.15, 0.2) is 0 Å². The lowest BCUT2D eigenvalue weighted by atomic mass is 9.87. The van der Waals surface area contributed by atoms with Crippen LogP contribution >= 0.6 is 0 Å². The lowest BCUT2D eigenvalue weighted by Gasteiger charge is -2.18. The number of alkyl halides is 3. The fraction of sp³-hybridized carbons (Fsp3) is 0.300. The molecule has 1 aliphatic rings. The van der Waals surface area contributed by atoms with Crippen LogP contribution in [0.5, 0.6) is 0 Å². The number of hydrogen-bond donors (Lipinski definition) is 0. The Morgan fingerprint density at radius 3 is 1.83 bits per heavy atom. The third kappa shape index (κ3) is 3.66. The summed E-state index contributed by atoms with van der Waals surface area (Å²) in [5.74, 6) is 0.755. The molecule has 0 radical (unpaired) electrons. The highest BCUT2D eigenvalue weighted by molar-refractivity contribution is 5.71. The van der Waals surface area contributed by atoms with Gasteiger partial charge in [-0.2, -0.15) is 13.2 Å². The third-order valence-corrected chi connectivity index (χ3v) is 4.47. The van der Waals surface area contributed by atoms with E-state index in [1.54, 1.807) is 0 Å². The van der Waals surface area contributed by atoms with Crippen LogP contribution in [-0.2, 0) is 6.18 Å². The summed E-state index contributed by atoms with van der Waals surface area (Å²) in [5, 5.41) is 0. The second-order valence-electron chi connectivity index (χ2n) is 6.26. The average molecular weight is 316 g/mol. The van der Waals surface area contributed by atoms with Gasteiger partial charge in [0.25, 0.3) is 0 Å². The molecule has 3 rings (SSSR count). The first kappa shape index (κ1) is 15.9. The summed E-state index contributed by atoms with van der Waals surface area (Å²) >= 11 is 0. The Balaban J connectivity index is 1.80. The van der Waals surface area contributed by atoms with Gasteiger partial charge in [-0.25, -0.2) is 0 Å². The molecule has 0 heterocycles. The minimum absolute atomic E-state index is 0.612. The summed E-state index contributed by atoms with van der Waals surface area (Å²) < 4.78 is 37.8. The van der Waals surface area contributed by atoms with Crippen molar-refractivity contribution in [1.82, 2.24) is 0 Å². The summed E-state index contributed by atoms with van der Waals surface area (Å²) in [6, 6.07) is 13.4. The molecule has 0 saturated carbocycles. The van der Waals surface area contributed by atoms with Crippen LogP contribution in [0.3, 0.4) is 0 Å². The molecule has 3 heteroatoms. The topological polar surface area (TPSA) is 0 Å². The molecule has 0 N–H and O–H groups in total. The van der Waals surface area contributed by atoms with Crippen molar-refractivity contribution in [3.8, 4) is 11.1 Å². The van der Waals surface area contributed by atoms with E-state index >= 15 is 0 Å². The normalized spacial score (nSPS) is 18.6. The monoisotopic (exact) mass is 316 g/mol. The zero-order valence-electron chi connectivity index (χ0n) is 13.0. The first-order chi connectivity index (χ1) is 10.9. The van der Waals surface area contributed by atoms with Gasteiger partial charge in [-0.3, -0.25) is 0 Å². The SMILES string of the molecule is CC1CC=C(c2ccc(-c3ccc(C(F)(F)F)cc3)cc2)CC1. The van der Waals surface area contributed by atoms with Crippen molar-refractivity contribution in [2.45, 2.75) is 32.4 Å². The van der Waals surface area contributed by atoms with Crippen LogP contribution < -0.4 is 0 Å². The first-order valence-corrected chi connectivity index (χ1v) is 7.90. The Labute approximate surface area is 134 Å². The van der Waals surface area contributed by atoms with E-state index < -0.39 is 11.7 Å². The van der Waals surface area contributed by atoms with Crippen LogP contribution in [0, 0.1) is 5.92 Å². The quantitative estimate of drug-likeness (QED) is 0.587. The molecule has 120 valence electrons. The van der Waals surface area contributed by atoms with E-state index in [0.29, 0.717) is 0 Å². The minimum Gasteiger partial charge on any atom is -0.166 e. The Morgan fingerprint density at radius 2 is 1.35 bits per heavy atom. The zero-order valence-corrected chi connectivity index (χ0v) is 13.0. The van der Waals surface area contributed by atoms with E-state index in [2.05, 4.69) is 25.1 Å². The summed E-state index contributed by atoms with van der Waals surface area (Å²) in [6.07, 6.45) is 1.46. The number of hydrogen-bond acceptors (Lipinski definition) is 0. The van der Waals surface area contributed by atoms with Crippen molar-refractivity contribution in [2.24, 2.45) is 5.92 Å². The van der Waals surface area contributed by atoms with Crippen molar-refractivity contribution in [3.05, 3.63) is 65.7 Å². The molecule has 0 nitrogen and oxygen atoms in total. The molecule has 0 spiro atoms. The fourth-order valence-corrected chi connectivity index (χ4v) is 2.96. The minimum atomic E-state index is -4.28. The van der Waals surface area contributed by atoms with Gasteiger partial charge < -0.3 is 0 Å². The van der Waals surface area contributed by atoms with Crippen molar-refractivity contribution in [3.63, 3.8) is 0 Å². The average Bonchev–Trinajstić information content (AvgIpc) is 2.55. The van der Waals surface area contributed by atoms with Crippen LogP contribution in [0.15, 0.2) is 54.6 Å². The molecule has 1 aliphatic carbocycles. The van der Waals surface area contributed by atoms with Crippen molar-refractivity contribution in [2.75, 3.05) is 0 Å². The smallest absolute Gasteiger partial charge is 0.166 e. The fourth-order valence-electron chi connectivity index (χ4n) is 2.96. The number of benzene rings is 2.